The molecule has 53 heavy (non-hydrogen) atoms. The largest absolute Gasteiger partial charge is 0.491 e. The molecule has 0 unspecified atom stereocenters. The molecule has 5 amide bonds. The molecule has 1 fully saturated rings. The number of anilines is 1. The first-order valence-corrected chi connectivity index (χ1v) is 19.2. The molecular weight excluding hydrogens is 674 g/mol. The zero-order valence-corrected chi connectivity index (χ0v) is 31.7. The van der Waals surface area contributed by atoms with E-state index in [4.69, 9.17) is 10.5 Å². The smallest absolute Gasteiger partial charge is 0.245 e. The van der Waals surface area contributed by atoms with Crippen LogP contribution in [0.25, 0.3) is 0 Å². The first-order chi connectivity index (χ1) is 25.2. The quantitative estimate of drug-likeness (QED) is 0.191. The van der Waals surface area contributed by atoms with Gasteiger partial charge in [-0.2, -0.15) is 0 Å². The highest BCUT2D eigenvalue weighted by molar-refractivity contribution is 6.04. The van der Waals surface area contributed by atoms with Crippen molar-refractivity contribution < 1.29 is 33.8 Å². The molecule has 0 radical (unpaired) electrons. The molecule has 5 rings (SSSR count). The fourth-order valence-corrected chi connectivity index (χ4v) is 7.63. The molecule has 3 aliphatic rings. The molecule has 0 spiro atoms. The van der Waals surface area contributed by atoms with Gasteiger partial charge >= 0.3 is 0 Å². The van der Waals surface area contributed by atoms with E-state index in [1.165, 1.54) is 0 Å². The van der Waals surface area contributed by atoms with Gasteiger partial charge in [-0.25, -0.2) is 0 Å². The summed E-state index contributed by atoms with van der Waals surface area (Å²) in [5.41, 5.74) is 10.2. The van der Waals surface area contributed by atoms with Crippen LogP contribution in [0, 0.1) is 12.3 Å². The summed E-state index contributed by atoms with van der Waals surface area (Å²) in [4.78, 5) is 67.9. The zero-order valence-electron chi connectivity index (χ0n) is 31.7. The highest BCUT2D eigenvalue weighted by Crippen LogP contribution is 2.39. The van der Waals surface area contributed by atoms with Gasteiger partial charge in [0.25, 0.3) is 0 Å². The number of amides is 5. The number of nitrogens with one attached hydrogen (secondary N) is 2. The van der Waals surface area contributed by atoms with Crippen LogP contribution in [0.15, 0.2) is 36.4 Å². The van der Waals surface area contributed by atoms with Gasteiger partial charge in [0, 0.05) is 38.8 Å². The van der Waals surface area contributed by atoms with Crippen molar-refractivity contribution in [2.75, 3.05) is 24.6 Å². The standard InChI is InChI=1S/C41H57N5O7/c1-26-16-18-32(22-28(26)10-6-5-7-14-35(49)44-38(41(2,3)4)40(52)45-21-20-31(47)24-45)53-25-30(17-19-34(42)48)43-39(51)33-23-29-13-8-11-27-12-9-15-36(50)46(33)37(27)29/h8,11,13,16,18,22,30-31,33,38,47H,5-7,9-10,12,14-15,17,19-21,23-25H2,1-4H3,(H2,42,48)(H,43,51)(H,44,49)/t30-,31+,33-,38+/m0/s1. The number of primary amides is 1. The molecule has 1 saturated heterocycles. The molecule has 3 heterocycles. The number of likely N-dealkylation sites (tertiary alicyclic amines) is 1. The number of aliphatic hydroxyl groups excluding tert-OH is 1. The van der Waals surface area contributed by atoms with Crippen molar-refractivity contribution >= 4 is 35.2 Å². The number of aryl methyl sites for hydroxylation is 3. The second-order valence-electron chi connectivity index (χ2n) is 16.0. The van der Waals surface area contributed by atoms with Gasteiger partial charge in [-0.15, -0.1) is 0 Å². The van der Waals surface area contributed by atoms with E-state index in [2.05, 4.69) is 10.6 Å². The van der Waals surface area contributed by atoms with Crippen molar-refractivity contribution in [1.29, 1.82) is 0 Å². The number of nitrogens with two attached hydrogens (primary N) is 1. The minimum atomic E-state index is -0.655. The Morgan fingerprint density at radius 3 is 2.51 bits per heavy atom. The van der Waals surface area contributed by atoms with Crippen LogP contribution in [-0.2, 0) is 43.2 Å². The number of unbranched alkanes of at least 4 members (excludes halogenated alkanes) is 2. The molecule has 5 N–H and O–H groups in total. The van der Waals surface area contributed by atoms with Crippen molar-refractivity contribution in [3.63, 3.8) is 0 Å². The van der Waals surface area contributed by atoms with Crippen LogP contribution in [0.3, 0.4) is 0 Å². The van der Waals surface area contributed by atoms with Crippen LogP contribution in [0.1, 0.15) is 101 Å². The molecule has 3 aliphatic heterocycles. The maximum Gasteiger partial charge on any atom is 0.245 e. The van der Waals surface area contributed by atoms with Gasteiger partial charge in [-0.1, -0.05) is 51.5 Å². The number of hydrogen-bond acceptors (Lipinski definition) is 7. The number of rotatable bonds is 16. The summed E-state index contributed by atoms with van der Waals surface area (Å²) in [6.07, 6.45) is 6.31. The lowest BCUT2D eigenvalue weighted by atomic mass is 9.85. The molecule has 2 aromatic carbocycles. The lowest BCUT2D eigenvalue weighted by Gasteiger charge is -2.33. The predicted octanol–water partition coefficient (Wildman–Crippen LogP) is 3.65. The Labute approximate surface area is 313 Å². The second-order valence-corrected chi connectivity index (χ2v) is 16.0. The summed E-state index contributed by atoms with van der Waals surface area (Å²) in [7, 11) is 0. The van der Waals surface area contributed by atoms with E-state index in [1.807, 2.05) is 64.1 Å². The maximum absolute atomic E-state index is 13.7. The molecule has 0 bridgehead atoms. The van der Waals surface area contributed by atoms with E-state index in [0.717, 1.165) is 60.0 Å². The topological polar surface area (TPSA) is 171 Å². The average Bonchev–Trinajstić information content (AvgIpc) is 3.68. The number of β-amino-alcohol motifs (C(OH)–C–C–N with tert-alkyl or cyclic N) is 1. The van der Waals surface area contributed by atoms with Crippen LogP contribution < -0.4 is 26.0 Å². The first-order valence-electron chi connectivity index (χ1n) is 19.2. The minimum Gasteiger partial charge on any atom is -0.491 e. The van der Waals surface area contributed by atoms with Gasteiger partial charge in [-0.3, -0.25) is 28.9 Å². The Balaban J connectivity index is 1.11. The summed E-state index contributed by atoms with van der Waals surface area (Å²) in [6, 6.07) is 10.1. The van der Waals surface area contributed by atoms with Crippen molar-refractivity contribution in [2.24, 2.45) is 11.1 Å². The van der Waals surface area contributed by atoms with Crippen LogP contribution in [-0.4, -0.2) is 83.5 Å². The highest BCUT2D eigenvalue weighted by Gasteiger charge is 2.41. The van der Waals surface area contributed by atoms with E-state index in [9.17, 15) is 29.1 Å². The van der Waals surface area contributed by atoms with Crippen LogP contribution in [0.5, 0.6) is 5.75 Å². The monoisotopic (exact) mass is 731 g/mol. The molecule has 12 nitrogen and oxygen atoms in total. The van der Waals surface area contributed by atoms with Gasteiger partial charge in [0.1, 0.15) is 24.4 Å². The molecule has 0 aromatic heterocycles. The number of nitrogens with zero attached hydrogens (tertiary/aromatic N) is 2. The third kappa shape index (κ3) is 10.4. The Bertz CT molecular complexity index is 1670. The summed E-state index contributed by atoms with van der Waals surface area (Å²) < 4.78 is 6.19. The zero-order chi connectivity index (χ0) is 38.3. The summed E-state index contributed by atoms with van der Waals surface area (Å²) in [5.74, 6) is -0.435. The molecule has 12 heteroatoms. The van der Waals surface area contributed by atoms with Crippen molar-refractivity contribution in [3.8, 4) is 5.75 Å². The fraction of sp³-hybridized carbons (Fsp3) is 0.585. The Morgan fingerprint density at radius 1 is 1.02 bits per heavy atom. The third-order valence-electron chi connectivity index (χ3n) is 10.7. The Kier molecular flexibility index (Phi) is 13.2. The lowest BCUT2D eigenvalue weighted by Crippen LogP contribution is -2.54. The lowest BCUT2D eigenvalue weighted by molar-refractivity contribution is -0.138. The van der Waals surface area contributed by atoms with Gasteiger partial charge in [0.05, 0.1) is 17.8 Å². The van der Waals surface area contributed by atoms with Crippen LogP contribution >= 0.6 is 0 Å². The third-order valence-corrected chi connectivity index (χ3v) is 10.7. The number of benzene rings is 2. The number of para-hydroxylation sites is 1. The van der Waals surface area contributed by atoms with E-state index >= 15 is 0 Å². The first kappa shape index (κ1) is 39.8. The van der Waals surface area contributed by atoms with Crippen molar-refractivity contribution in [1.82, 2.24) is 15.5 Å². The molecule has 288 valence electrons. The highest BCUT2D eigenvalue weighted by atomic mass is 16.5. The minimum absolute atomic E-state index is 0.0463. The SMILES string of the molecule is Cc1ccc(OC[C@H](CCC(N)=O)NC(=O)[C@@H]2Cc3cccc4c3N2C(=O)CCC4)cc1CCCCCC(=O)N[C@H](C(=O)N1CC[C@@H](O)C1)C(C)(C)C. The fourth-order valence-electron chi connectivity index (χ4n) is 7.63. The van der Waals surface area contributed by atoms with Gasteiger partial charge in [0.2, 0.25) is 29.5 Å². The molecule has 0 saturated carbocycles. The summed E-state index contributed by atoms with van der Waals surface area (Å²) in [5, 5.41) is 15.9. The molecule has 0 aliphatic carbocycles. The van der Waals surface area contributed by atoms with Crippen molar-refractivity contribution in [3.05, 3.63) is 58.7 Å². The predicted molar refractivity (Wildman–Crippen MR) is 202 cm³/mol. The maximum atomic E-state index is 13.7. The molecular formula is C41H57N5O7. The summed E-state index contributed by atoms with van der Waals surface area (Å²) in [6.45, 7) is 8.77. The normalized spacial score (nSPS) is 19.3. The van der Waals surface area contributed by atoms with E-state index in [-0.39, 0.29) is 36.7 Å². The van der Waals surface area contributed by atoms with E-state index in [0.29, 0.717) is 57.4 Å². The van der Waals surface area contributed by atoms with E-state index in [1.54, 1.807) is 9.80 Å². The van der Waals surface area contributed by atoms with Crippen LogP contribution in [0.2, 0.25) is 0 Å². The Morgan fingerprint density at radius 2 is 1.79 bits per heavy atom. The molecule has 4 atom stereocenters. The van der Waals surface area contributed by atoms with Gasteiger partial charge in [-0.05, 0) is 91.7 Å². The number of hydrogen-bond donors (Lipinski definition) is 4. The van der Waals surface area contributed by atoms with Gasteiger partial charge in [0.15, 0.2) is 0 Å². The second kappa shape index (κ2) is 17.6. The summed E-state index contributed by atoms with van der Waals surface area (Å²) >= 11 is 0. The Hall–Kier alpha value is -4.45. The average molecular weight is 732 g/mol. The van der Waals surface area contributed by atoms with Crippen LogP contribution in [0.4, 0.5) is 5.69 Å². The number of aliphatic hydroxyl groups is 1. The number of carbonyl (C=O) groups is 5. The van der Waals surface area contributed by atoms with Crippen molar-refractivity contribution in [2.45, 2.75) is 129 Å². The number of carbonyl (C=O) groups excluding carboxylic acids is 5. The molecule has 2 aromatic rings. The number of ether oxygens (including phenoxy) is 1. The van der Waals surface area contributed by atoms with E-state index < -0.39 is 35.6 Å². The van der Waals surface area contributed by atoms with Gasteiger partial charge < -0.3 is 31.1 Å².